The van der Waals surface area contributed by atoms with E-state index in [-0.39, 0.29) is 23.9 Å². The second-order valence-corrected chi connectivity index (χ2v) is 4.38. The van der Waals surface area contributed by atoms with Crippen LogP contribution in [0.15, 0.2) is 0 Å². The predicted molar refractivity (Wildman–Crippen MR) is 54.7 cm³/mol. The van der Waals surface area contributed by atoms with Gasteiger partial charge in [0.15, 0.2) is 0 Å². The van der Waals surface area contributed by atoms with Crippen LogP contribution in [0.5, 0.6) is 0 Å². The fourth-order valence-corrected chi connectivity index (χ4v) is 2.18. The normalized spacial score (nSPS) is 41.0. The zero-order valence-electron chi connectivity index (χ0n) is 8.62. The summed E-state index contributed by atoms with van der Waals surface area (Å²) in [6, 6.07) is 0.818. The fraction of sp³-hybridized carbons (Fsp3) is 0.900. The van der Waals surface area contributed by atoms with Gasteiger partial charge in [0.2, 0.25) is 5.91 Å². The van der Waals surface area contributed by atoms with Gasteiger partial charge in [-0.15, -0.1) is 0 Å². The molecule has 0 radical (unpaired) electrons. The standard InChI is InChI=1S/C10H19N3O/c1-2-8-6(3-4-12-8)10(14)13-9-5-7(9)11/h6-9,12H,2-5,11H2,1H3,(H,13,14). The van der Waals surface area contributed by atoms with E-state index in [0.29, 0.717) is 6.04 Å². The maximum absolute atomic E-state index is 11.8. The summed E-state index contributed by atoms with van der Waals surface area (Å²) in [7, 11) is 0. The first-order valence-electron chi connectivity index (χ1n) is 5.51. The Labute approximate surface area is 84.6 Å². The van der Waals surface area contributed by atoms with E-state index in [1.54, 1.807) is 0 Å². The highest BCUT2D eigenvalue weighted by molar-refractivity contribution is 5.80. The molecule has 0 aromatic carbocycles. The Morgan fingerprint density at radius 3 is 2.93 bits per heavy atom. The lowest BCUT2D eigenvalue weighted by Crippen LogP contribution is -2.40. The molecule has 1 aliphatic carbocycles. The molecule has 1 saturated carbocycles. The molecule has 2 fully saturated rings. The molecule has 0 aromatic heterocycles. The van der Waals surface area contributed by atoms with Gasteiger partial charge < -0.3 is 16.4 Å². The van der Waals surface area contributed by atoms with Gasteiger partial charge in [-0.2, -0.15) is 0 Å². The minimum absolute atomic E-state index is 0.160. The third-order valence-corrected chi connectivity index (χ3v) is 3.29. The molecule has 1 aliphatic heterocycles. The van der Waals surface area contributed by atoms with Crippen molar-refractivity contribution in [3.05, 3.63) is 0 Å². The molecule has 4 unspecified atom stereocenters. The topological polar surface area (TPSA) is 67.2 Å². The Bertz CT molecular complexity index is 231. The molecular formula is C10H19N3O. The quantitative estimate of drug-likeness (QED) is 0.576. The molecule has 1 heterocycles. The van der Waals surface area contributed by atoms with Crippen molar-refractivity contribution in [3.8, 4) is 0 Å². The van der Waals surface area contributed by atoms with E-state index < -0.39 is 0 Å². The molecule has 0 spiro atoms. The number of hydrogen-bond acceptors (Lipinski definition) is 3. The molecule has 0 aromatic rings. The number of nitrogens with one attached hydrogen (secondary N) is 2. The van der Waals surface area contributed by atoms with Crippen molar-refractivity contribution in [1.29, 1.82) is 0 Å². The van der Waals surface area contributed by atoms with Crippen molar-refractivity contribution in [2.45, 2.75) is 44.3 Å². The third kappa shape index (κ3) is 1.91. The number of carbonyl (C=O) groups is 1. The summed E-state index contributed by atoms with van der Waals surface area (Å²) in [4.78, 5) is 11.8. The average molecular weight is 197 g/mol. The summed E-state index contributed by atoms with van der Waals surface area (Å²) in [5, 5.41) is 6.36. The van der Waals surface area contributed by atoms with E-state index in [4.69, 9.17) is 5.73 Å². The van der Waals surface area contributed by atoms with Gasteiger partial charge in [0.25, 0.3) is 0 Å². The van der Waals surface area contributed by atoms with E-state index >= 15 is 0 Å². The van der Waals surface area contributed by atoms with Crippen LogP contribution in [0.4, 0.5) is 0 Å². The van der Waals surface area contributed by atoms with Crippen molar-refractivity contribution in [1.82, 2.24) is 10.6 Å². The average Bonchev–Trinajstić information content (AvgIpc) is 2.72. The molecule has 0 bridgehead atoms. The molecule has 4 atom stereocenters. The van der Waals surface area contributed by atoms with Crippen molar-refractivity contribution in [2.24, 2.45) is 11.7 Å². The highest BCUT2D eigenvalue weighted by Gasteiger charge is 2.38. The zero-order valence-corrected chi connectivity index (χ0v) is 8.62. The second kappa shape index (κ2) is 3.87. The highest BCUT2D eigenvalue weighted by Crippen LogP contribution is 2.22. The summed E-state index contributed by atoms with van der Waals surface area (Å²) in [5.41, 5.74) is 5.65. The maximum Gasteiger partial charge on any atom is 0.225 e. The molecule has 2 rings (SSSR count). The zero-order chi connectivity index (χ0) is 10.1. The van der Waals surface area contributed by atoms with Gasteiger partial charge >= 0.3 is 0 Å². The van der Waals surface area contributed by atoms with E-state index in [2.05, 4.69) is 17.6 Å². The van der Waals surface area contributed by atoms with Gasteiger partial charge in [-0.25, -0.2) is 0 Å². The summed E-state index contributed by atoms with van der Waals surface area (Å²) in [6.45, 7) is 3.08. The van der Waals surface area contributed by atoms with E-state index in [9.17, 15) is 4.79 Å². The minimum atomic E-state index is 0.160. The van der Waals surface area contributed by atoms with Gasteiger partial charge in [-0.05, 0) is 25.8 Å². The Hall–Kier alpha value is -0.610. The minimum Gasteiger partial charge on any atom is -0.351 e. The summed E-state index contributed by atoms with van der Waals surface area (Å²) in [5.74, 6) is 0.354. The lowest BCUT2D eigenvalue weighted by molar-refractivity contribution is -0.125. The van der Waals surface area contributed by atoms with Crippen LogP contribution in [0.2, 0.25) is 0 Å². The number of hydrogen-bond donors (Lipinski definition) is 3. The molecule has 4 N–H and O–H groups in total. The van der Waals surface area contributed by atoms with E-state index in [1.807, 2.05) is 0 Å². The van der Waals surface area contributed by atoms with Crippen molar-refractivity contribution < 1.29 is 4.79 Å². The Morgan fingerprint density at radius 2 is 2.36 bits per heavy atom. The van der Waals surface area contributed by atoms with Crippen molar-refractivity contribution >= 4 is 5.91 Å². The summed E-state index contributed by atoms with van der Waals surface area (Å²) in [6.07, 6.45) is 2.93. The van der Waals surface area contributed by atoms with Crippen LogP contribution >= 0.6 is 0 Å². The van der Waals surface area contributed by atoms with Crippen LogP contribution < -0.4 is 16.4 Å². The Kier molecular flexibility index (Phi) is 2.74. The lowest BCUT2D eigenvalue weighted by atomic mass is 9.98. The van der Waals surface area contributed by atoms with Gasteiger partial charge in [-0.1, -0.05) is 6.92 Å². The second-order valence-electron chi connectivity index (χ2n) is 4.38. The highest BCUT2D eigenvalue weighted by atomic mass is 16.2. The van der Waals surface area contributed by atoms with Crippen LogP contribution in [0, 0.1) is 5.92 Å². The van der Waals surface area contributed by atoms with E-state index in [1.165, 1.54) is 0 Å². The number of nitrogens with two attached hydrogens (primary N) is 1. The third-order valence-electron chi connectivity index (χ3n) is 3.29. The SMILES string of the molecule is CCC1NCCC1C(=O)NC1CC1N. The molecule has 4 nitrogen and oxygen atoms in total. The Balaban J connectivity index is 1.84. The molecule has 4 heteroatoms. The first kappa shape index (κ1) is 9.93. The maximum atomic E-state index is 11.8. The molecule has 1 saturated heterocycles. The molecule has 80 valence electrons. The predicted octanol–water partition coefficient (Wildman–Crippen LogP) is -0.410. The first-order chi connectivity index (χ1) is 6.72. The summed E-state index contributed by atoms with van der Waals surface area (Å²) < 4.78 is 0. The number of rotatable bonds is 3. The van der Waals surface area contributed by atoms with Gasteiger partial charge in [-0.3, -0.25) is 4.79 Å². The van der Waals surface area contributed by atoms with Crippen molar-refractivity contribution in [3.63, 3.8) is 0 Å². The molecule has 1 amide bonds. The first-order valence-corrected chi connectivity index (χ1v) is 5.51. The monoisotopic (exact) mass is 197 g/mol. The summed E-state index contributed by atoms with van der Waals surface area (Å²) >= 11 is 0. The van der Waals surface area contributed by atoms with Crippen molar-refractivity contribution in [2.75, 3.05) is 6.54 Å². The number of carbonyl (C=O) groups excluding carboxylic acids is 1. The van der Waals surface area contributed by atoms with E-state index in [0.717, 1.165) is 25.8 Å². The van der Waals surface area contributed by atoms with Gasteiger partial charge in [0.1, 0.15) is 0 Å². The Morgan fingerprint density at radius 1 is 1.64 bits per heavy atom. The van der Waals surface area contributed by atoms with Crippen LogP contribution in [0.3, 0.4) is 0 Å². The molecule has 14 heavy (non-hydrogen) atoms. The van der Waals surface area contributed by atoms with Gasteiger partial charge in [0, 0.05) is 18.1 Å². The molecule has 2 aliphatic rings. The van der Waals surface area contributed by atoms with Gasteiger partial charge in [0.05, 0.1) is 5.92 Å². The van der Waals surface area contributed by atoms with Crippen LogP contribution in [0.1, 0.15) is 26.2 Å². The lowest BCUT2D eigenvalue weighted by Gasteiger charge is -2.17. The smallest absolute Gasteiger partial charge is 0.225 e. The molecular weight excluding hydrogens is 178 g/mol. The van der Waals surface area contributed by atoms with Crippen LogP contribution in [-0.4, -0.2) is 30.6 Å². The van der Waals surface area contributed by atoms with Crippen LogP contribution in [0.25, 0.3) is 0 Å². The number of amides is 1. The fourth-order valence-electron chi connectivity index (χ4n) is 2.18. The largest absolute Gasteiger partial charge is 0.351 e. The van der Waals surface area contributed by atoms with Crippen LogP contribution in [-0.2, 0) is 4.79 Å².